The molecule has 0 saturated heterocycles. The predicted molar refractivity (Wildman–Crippen MR) is 72.1 cm³/mol. The van der Waals surface area contributed by atoms with Gasteiger partial charge in [-0.3, -0.25) is 0 Å². The summed E-state index contributed by atoms with van der Waals surface area (Å²) in [6.07, 6.45) is 0. The van der Waals surface area contributed by atoms with Crippen molar-refractivity contribution < 1.29 is 8.91 Å². The van der Waals surface area contributed by atoms with Crippen molar-refractivity contribution in [3.8, 4) is 0 Å². The van der Waals surface area contributed by atoms with Gasteiger partial charge < -0.3 is 9.09 Å². The van der Waals surface area contributed by atoms with Crippen molar-refractivity contribution in [1.82, 2.24) is 19.7 Å². The number of hydrogen-bond acceptors (Lipinski definition) is 4. The van der Waals surface area contributed by atoms with Crippen LogP contribution >= 0.6 is 11.6 Å². The zero-order chi connectivity index (χ0) is 14.3. The maximum atomic E-state index is 13.4. The molecule has 0 aliphatic rings. The molecule has 0 N–H and O–H groups in total. The number of hydrogen-bond donors (Lipinski definition) is 0. The van der Waals surface area contributed by atoms with Gasteiger partial charge in [-0.15, -0.1) is 11.6 Å². The summed E-state index contributed by atoms with van der Waals surface area (Å²) in [5.41, 5.74) is 1.34. The van der Waals surface area contributed by atoms with Gasteiger partial charge in [-0.2, -0.15) is 4.98 Å². The minimum Gasteiger partial charge on any atom is -0.337 e. The van der Waals surface area contributed by atoms with E-state index >= 15 is 0 Å². The van der Waals surface area contributed by atoms with Crippen LogP contribution < -0.4 is 0 Å². The van der Waals surface area contributed by atoms with Gasteiger partial charge in [-0.05, 0) is 32.0 Å². The number of aromatic nitrogens is 4. The van der Waals surface area contributed by atoms with Crippen molar-refractivity contribution in [2.75, 3.05) is 0 Å². The lowest BCUT2D eigenvalue weighted by Gasteiger charge is -2.07. The molecular formula is C13H12ClFN4O. The van der Waals surface area contributed by atoms with Crippen molar-refractivity contribution in [2.45, 2.75) is 25.8 Å². The molecule has 0 fully saturated rings. The van der Waals surface area contributed by atoms with E-state index in [9.17, 15) is 4.39 Å². The molecule has 0 radical (unpaired) electrons. The maximum Gasteiger partial charge on any atom is 0.246 e. The second-order valence-corrected chi connectivity index (χ2v) is 5.20. The molecule has 5 nitrogen and oxygen atoms in total. The summed E-state index contributed by atoms with van der Waals surface area (Å²) in [5, 5.41) is 3.43. The van der Waals surface area contributed by atoms with Crippen LogP contribution in [-0.4, -0.2) is 19.7 Å². The normalized spacial score (nSPS) is 13.0. The topological polar surface area (TPSA) is 56.7 Å². The first-order chi connectivity index (χ1) is 9.54. The monoisotopic (exact) mass is 294 g/mol. The average Bonchev–Trinajstić information content (AvgIpc) is 2.95. The lowest BCUT2D eigenvalue weighted by molar-refractivity contribution is 0.367. The molecular weight excluding hydrogens is 283 g/mol. The molecule has 20 heavy (non-hydrogen) atoms. The molecule has 0 saturated carbocycles. The van der Waals surface area contributed by atoms with Crippen molar-refractivity contribution in [3.05, 3.63) is 41.6 Å². The Balaban J connectivity index is 2.15. The van der Waals surface area contributed by atoms with E-state index in [1.54, 1.807) is 17.6 Å². The first-order valence-corrected chi connectivity index (χ1v) is 6.57. The zero-order valence-corrected chi connectivity index (χ0v) is 11.7. The summed E-state index contributed by atoms with van der Waals surface area (Å²) >= 11 is 6.15. The molecule has 1 unspecified atom stereocenters. The van der Waals surface area contributed by atoms with Crippen molar-refractivity contribution in [1.29, 1.82) is 0 Å². The Kier molecular flexibility index (Phi) is 3.17. The fourth-order valence-corrected chi connectivity index (χ4v) is 2.29. The van der Waals surface area contributed by atoms with Crippen LogP contribution in [0.1, 0.15) is 29.8 Å². The molecule has 1 atom stereocenters. The van der Waals surface area contributed by atoms with Gasteiger partial charge in [-0.25, -0.2) is 9.37 Å². The van der Waals surface area contributed by atoms with E-state index in [2.05, 4.69) is 15.1 Å². The van der Waals surface area contributed by atoms with Crippen LogP contribution in [0.25, 0.3) is 11.0 Å². The van der Waals surface area contributed by atoms with E-state index in [0.717, 1.165) is 0 Å². The number of alkyl halides is 1. The van der Waals surface area contributed by atoms with Gasteiger partial charge >= 0.3 is 0 Å². The second-order valence-electron chi connectivity index (χ2n) is 4.54. The maximum absolute atomic E-state index is 13.4. The van der Waals surface area contributed by atoms with Crippen LogP contribution in [0.5, 0.6) is 0 Å². The quantitative estimate of drug-likeness (QED) is 0.696. The Morgan fingerprint density at radius 3 is 2.85 bits per heavy atom. The highest BCUT2D eigenvalue weighted by atomic mass is 35.5. The summed E-state index contributed by atoms with van der Waals surface area (Å²) < 4.78 is 20.3. The summed E-state index contributed by atoms with van der Waals surface area (Å²) in [7, 11) is 0. The largest absolute Gasteiger partial charge is 0.337 e. The highest BCUT2D eigenvalue weighted by Crippen LogP contribution is 2.25. The van der Waals surface area contributed by atoms with Gasteiger partial charge in [0, 0.05) is 0 Å². The van der Waals surface area contributed by atoms with E-state index in [4.69, 9.17) is 16.1 Å². The van der Waals surface area contributed by atoms with Gasteiger partial charge in [0.15, 0.2) is 5.82 Å². The van der Waals surface area contributed by atoms with Crippen LogP contribution in [0.4, 0.5) is 4.39 Å². The molecule has 0 aliphatic heterocycles. The minimum atomic E-state index is -0.325. The Bertz CT molecular complexity index is 765. The molecule has 0 aliphatic carbocycles. The van der Waals surface area contributed by atoms with E-state index in [1.165, 1.54) is 12.1 Å². The minimum absolute atomic E-state index is 0.311. The Morgan fingerprint density at radius 1 is 1.40 bits per heavy atom. The molecule has 3 rings (SSSR count). The van der Waals surface area contributed by atoms with Gasteiger partial charge in [0.05, 0.1) is 16.4 Å². The number of rotatable bonds is 3. The average molecular weight is 295 g/mol. The highest BCUT2D eigenvalue weighted by molar-refractivity contribution is 6.20. The van der Waals surface area contributed by atoms with E-state index in [-0.39, 0.29) is 11.2 Å². The van der Waals surface area contributed by atoms with Crippen LogP contribution in [0.3, 0.4) is 0 Å². The Hall–Kier alpha value is -1.95. The van der Waals surface area contributed by atoms with E-state index < -0.39 is 0 Å². The molecule has 104 valence electrons. The highest BCUT2D eigenvalue weighted by Gasteiger charge is 2.17. The molecule has 0 bridgehead atoms. The SMILES string of the molecule is Cc1noc(Cn2c(C(C)Cl)nc3ccc(F)cc32)n1. The molecule has 2 heterocycles. The number of benzene rings is 1. The van der Waals surface area contributed by atoms with Gasteiger partial charge in [-0.1, -0.05) is 5.16 Å². The summed E-state index contributed by atoms with van der Waals surface area (Å²) in [6.45, 7) is 3.87. The van der Waals surface area contributed by atoms with Gasteiger partial charge in [0.2, 0.25) is 5.89 Å². The molecule has 2 aromatic heterocycles. The number of nitrogens with zero attached hydrogens (tertiary/aromatic N) is 4. The van der Waals surface area contributed by atoms with Crippen molar-refractivity contribution >= 4 is 22.6 Å². The number of imidazole rings is 1. The van der Waals surface area contributed by atoms with Gasteiger partial charge in [0.25, 0.3) is 0 Å². The van der Waals surface area contributed by atoms with E-state index in [1.807, 2.05) is 6.92 Å². The third-order valence-corrected chi connectivity index (χ3v) is 3.15. The summed E-state index contributed by atoms with van der Waals surface area (Å²) in [4.78, 5) is 8.58. The lowest BCUT2D eigenvalue weighted by Crippen LogP contribution is -2.06. The third-order valence-electron chi connectivity index (χ3n) is 2.96. The molecule has 7 heteroatoms. The van der Waals surface area contributed by atoms with Crippen LogP contribution in [0, 0.1) is 12.7 Å². The smallest absolute Gasteiger partial charge is 0.246 e. The number of halogens is 2. The number of fused-ring (bicyclic) bond motifs is 1. The summed E-state index contributed by atoms with van der Waals surface area (Å²) in [5.74, 6) is 1.30. The standard InChI is InChI=1S/C13H12ClFN4O/c1-7(14)13-17-10-4-3-9(15)5-11(10)19(13)6-12-16-8(2)18-20-12/h3-5,7H,6H2,1-2H3. The molecule has 1 aromatic carbocycles. The second kappa shape index (κ2) is 4.86. The Morgan fingerprint density at radius 2 is 2.20 bits per heavy atom. The predicted octanol–water partition coefficient (Wildman–Crippen LogP) is 3.21. The molecule has 0 spiro atoms. The fourth-order valence-electron chi connectivity index (χ4n) is 2.12. The Labute approximate surface area is 119 Å². The van der Waals surface area contributed by atoms with Crippen molar-refractivity contribution in [3.63, 3.8) is 0 Å². The van der Waals surface area contributed by atoms with Crippen LogP contribution in [-0.2, 0) is 6.54 Å². The molecule has 0 amide bonds. The lowest BCUT2D eigenvalue weighted by atomic mass is 10.3. The first-order valence-electron chi connectivity index (χ1n) is 6.13. The first kappa shape index (κ1) is 13.1. The van der Waals surface area contributed by atoms with E-state index in [0.29, 0.717) is 35.1 Å². The van der Waals surface area contributed by atoms with Crippen LogP contribution in [0.2, 0.25) is 0 Å². The summed E-state index contributed by atoms with van der Waals surface area (Å²) in [6, 6.07) is 4.43. The molecule has 3 aromatic rings. The fraction of sp³-hybridized carbons (Fsp3) is 0.308. The number of aryl methyl sites for hydroxylation is 1. The van der Waals surface area contributed by atoms with Crippen LogP contribution in [0.15, 0.2) is 22.7 Å². The van der Waals surface area contributed by atoms with Gasteiger partial charge in [0.1, 0.15) is 18.2 Å². The zero-order valence-electron chi connectivity index (χ0n) is 11.0. The third kappa shape index (κ3) is 2.27. The van der Waals surface area contributed by atoms with Crippen molar-refractivity contribution in [2.24, 2.45) is 0 Å².